The predicted octanol–water partition coefficient (Wildman–Crippen LogP) is 2.13. The number of likely N-dealkylation sites (tertiary alicyclic amines) is 1. The second-order valence-corrected chi connectivity index (χ2v) is 5.95. The molecule has 0 aromatic carbocycles. The maximum atomic E-state index is 11.3. The molecule has 2 rings (SSSR count). The first kappa shape index (κ1) is 13.8. The monoisotopic (exact) mass is 255 g/mol. The fraction of sp³-hybridized carbons (Fsp3) is 0.929. The van der Waals surface area contributed by atoms with Gasteiger partial charge >= 0.3 is 5.97 Å². The zero-order valence-corrected chi connectivity index (χ0v) is 11.4. The third-order valence-corrected chi connectivity index (χ3v) is 4.54. The summed E-state index contributed by atoms with van der Waals surface area (Å²) >= 11 is 0. The summed E-state index contributed by atoms with van der Waals surface area (Å²) in [4.78, 5) is 13.5. The van der Waals surface area contributed by atoms with Crippen molar-refractivity contribution in [3.8, 4) is 0 Å². The molecule has 0 bridgehead atoms. The summed E-state index contributed by atoms with van der Waals surface area (Å²) < 4.78 is 5.00. The minimum absolute atomic E-state index is 0.298. The van der Waals surface area contributed by atoms with Gasteiger partial charge in [0.05, 0.1) is 0 Å². The minimum Gasteiger partial charge on any atom is -0.480 e. The third-order valence-electron chi connectivity index (χ3n) is 4.54. The van der Waals surface area contributed by atoms with Gasteiger partial charge in [-0.15, -0.1) is 0 Å². The smallest absolute Gasteiger partial charge is 0.320 e. The number of hydrogen-bond donors (Lipinski definition) is 1. The van der Waals surface area contributed by atoms with E-state index in [-0.39, 0.29) is 6.04 Å². The number of carboxylic acids is 1. The van der Waals surface area contributed by atoms with E-state index in [0.717, 1.165) is 19.5 Å². The van der Waals surface area contributed by atoms with Crippen molar-refractivity contribution < 1.29 is 14.6 Å². The average molecular weight is 255 g/mol. The lowest BCUT2D eigenvalue weighted by Gasteiger charge is -2.54. The Morgan fingerprint density at radius 3 is 2.56 bits per heavy atom. The topological polar surface area (TPSA) is 49.8 Å². The zero-order chi connectivity index (χ0) is 13.0. The van der Waals surface area contributed by atoms with Gasteiger partial charge in [-0.25, -0.2) is 0 Å². The zero-order valence-electron chi connectivity index (χ0n) is 11.4. The number of ether oxygens (including phenoxy) is 1. The lowest BCUT2D eigenvalue weighted by Crippen LogP contribution is -2.62. The van der Waals surface area contributed by atoms with Crippen LogP contribution in [0.3, 0.4) is 0 Å². The van der Waals surface area contributed by atoms with Crippen LogP contribution < -0.4 is 0 Å². The molecule has 18 heavy (non-hydrogen) atoms. The number of carboxylic acid groups (broad SMARTS) is 1. The first-order valence-corrected chi connectivity index (χ1v) is 7.13. The molecule has 1 heterocycles. The van der Waals surface area contributed by atoms with Crippen LogP contribution in [0.25, 0.3) is 0 Å². The number of carbonyl (C=O) groups is 1. The Kier molecular flexibility index (Phi) is 4.62. The molecule has 0 amide bonds. The molecule has 2 fully saturated rings. The van der Waals surface area contributed by atoms with Gasteiger partial charge < -0.3 is 9.84 Å². The summed E-state index contributed by atoms with van der Waals surface area (Å²) in [7, 11) is 1.66. The molecule has 4 heteroatoms. The summed E-state index contributed by atoms with van der Waals surface area (Å²) in [5.74, 6) is -0.670. The first-order valence-electron chi connectivity index (χ1n) is 7.13. The Balaban J connectivity index is 1.80. The lowest BCUT2D eigenvalue weighted by molar-refractivity contribution is -0.151. The van der Waals surface area contributed by atoms with Gasteiger partial charge in [-0.3, -0.25) is 9.69 Å². The van der Waals surface area contributed by atoms with Crippen molar-refractivity contribution in [3.05, 3.63) is 0 Å². The number of aliphatic carboxylic acids is 1. The highest BCUT2D eigenvalue weighted by molar-refractivity contribution is 5.73. The van der Waals surface area contributed by atoms with Crippen LogP contribution >= 0.6 is 0 Å². The molecule has 1 aliphatic carbocycles. The molecular formula is C14H25NO3. The largest absolute Gasteiger partial charge is 0.480 e. The molecular weight excluding hydrogens is 230 g/mol. The average Bonchev–Trinajstić information content (AvgIpc) is 2.33. The summed E-state index contributed by atoms with van der Waals surface area (Å²) in [5, 5.41) is 9.31. The van der Waals surface area contributed by atoms with Crippen molar-refractivity contribution in [3.63, 3.8) is 0 Å². The second-order valence-electron chi connectivity index (χ2n) is 5.95. The van der Waals surface area contributed by atoms with Crippen LogP contribution in [0.4, 0.5) is 0 Å². The summed E-state index contributed by atoms with van der Waals surface area (Å²) in [5.41, 5.74) is 0.465. The van der Waals surface area contributed by atoms with Crippen LogP contribution in [0, 0.1) is 5.41 Å². The van der Waals surface area contributed by atoms with Crippen LogP contribution in [0.5, 0.6) is 0 Å². The second kappa shape index (κ2) is 6.02. The van der Waals surface area contributed by atoms with E-state index in [1.807, 2.05) is 0 Å². The Labute approximate surface area is 109 Å². The Morgan fingerprint density at radius 2 is 2.00 bits per heavy atom. The van der Waals surface area contributed by atoms with Gasteiger partial charge in [0.25, 0.3) is 0 Å². The molecule has 104 valence electrons. The highest BCUT2D eigenvalue weighted by Crippen LogP contribution is 2.44. The van der Waals surface area contributed by atoms with E-state index in [4.69, 9.17) is 4.74 Å². The van der Waals surface area contributed by atoms with Gasteiger partial charge in [0.2, 0.25) is 0 Å². The maximum absolute atomic E-state index is 11.3. The van der Waals surface area contributed by atoms with Gasteiger partial charge in [-0.05, 0) is 31.1 Å². The number of hydrogen-bond acceptors (Lipinski definition) is 3. The van der Waals surface area contributed by atoms with E-state index in [2.05, 4.69) is 4.90 Å². The van der Waals surface area contributed by atoms with Crippen LogP contribution in [0.15, 0.2) is 0 Å². The van der Waals surface area contributed by atoms with Crippen molar-refractivity contribution in [1.82, 2.24) is 4.90 Å². The van der Waals surface area contributed by atoms with Crippen molar-refractivity contribution in [2.24, 2.45) is 5.41 Å². The molecule has 4 nitrogen and oxygen atoms in total. The molecule has 1 unspecified atom stereocenters. The van der Waals surface area contributed by atoms with E-state index in [1.165, 1.54) is 32.1 Å². The Hall–Kier alpha value is -0.610. The summed E-state index contributed by atoms with van der Waals surface area (Å²) in [6.45, 7) is 2.65. The highest BCUT2D eigenvalue weighted by Gasteiger charge is 2.46. The van der Waals surface area contributed by atoms with Crippen molar-refractivity contribution in [1.29, 1.82) is 0 Å². The van der Waals surface area contributed by atoms with Gasteiger partial charge in [-0.2, -0.15) is 0 Å². The molecule has 1 aliphatic heterocycles. The predicted molar refractivity (Wildman–Crippen MR) is 69.6 cm³/mol. The van der Waals surface area contributed by atoms with Crippen molar-refractivity contribution >= 4 is 5.97 Å². The fourth-order valence-corrected chi connectivity index (χ4v) is 3.54. The van der Waals surface area contributed by atoms with Gasteiger partial charge in [0.1, 0.15) is 6.04 Å². The fourth-order valence-electron chi connectivity index (χ4n) is 3.54. The molecule has 1 atom stereocenters. The summed E-state index contributed by atoms with van der Waals surface area (Å²) in [6.07, 6.45) is 8.15. The van der Waals surface area contributed by atoms with Crippen molar-refractivity contribution in [2.75, 3.05) is 26.8 Å². The van der Waals surface area contributed by atoms with Crippen LogP contribution in [-0.2, 0) is 9.53 Å². The van der Waals surface area contributed by atoms with E-state index in [9.17, 15) is 9.90 Å². The molecule has 0 aromatic heterocycles. The van der Waals surface area contributed by atoms with Crippen LogP contribution in [-0.4, -0.2) is 48.8 Å². The van der Waals surface area contributed by atoms with Crippen LogP contribution in [0.1, 0.15) is 44.9 Å². The quantitative estimate of drug-likeness (QED) is 0.739. The highest BCUT2D eigenvalue weighted by atomic mass is 16.5. The van der Waals surface area contributed by atoms with E-state index in [1.54, 1.807) is 7.11 Å². The minimum atomic E-state index is -0.670. The van der Waals surface area contributed by atoms with Gasteiger partial charge in [-0.1, -0.05) is 19.3 Å². The number of nitrogens with zero attached hydrogens (tertiary/aromatic N) is 1. The van der Waals surface area contributed by atoms with Crippen LogP contribution in [0.2, 0.25) is 0 Å². The summed E-state index contributed by atoms with van der Waals surface area (Å²) in [6, 6.07) is -0.298. The van der Waals surface area contributed by atoms with E-state index >= 15 is 0 Å². The van der Waals surface area contributed by atoms with Crippen molar-refractivity contribution in [2.45, 2.75) is 51.0 Å². The third kappa shape index (κ3) is 3.04. The van der Waals surface area contributed by atoms with Gasteiger partial charge in [0.15, 0.2) is 0 Å². The lowest BCUT2D eigenvalue weighted by atomic mass is 9.68. The molecule has 0 radical (unpaired) electrons. The molecule has 1 N–H and O–H groups in total. The number of rotatable bonds is 6. The maximum Gasteiger partial charge on any atom is 0.320 e. The van der Waals surface area contributed by atoms with E-state index in [0.29, 0.717) is 18.4 Å². The first-order chi connectivity index (χ1) is 8.67. The Morgan fingerprint density at radius 1 is 1.33 bits per heavy atom. The number of methoxy groups -OCH3 is 1. The van der Waals surface area contributed by atoms with E-state index < -0.39 is 5.97 Å². The molecule has 1 spiro atoms. The molecule has 2 aliphatic rings. The Bertz CT molecular complexity index is 279. The molecule has 1 saturated carbocycles. The molecule has 1 saturated heterocycles. The standard InChI is InChI=1S/C14H25NO3/c1-18-9-5-6-12(13(16)17)15-10-14(11-15)7-3-2-4-8-14/h12H,2-11H2,1H3,(H,16,17). The molecule has 0 aromatic rings. The normalized spacial score (nSPS) is 24.7. The SMILES string of the molecule is COCCCC(C(=O)O)N1CC2(CCCCC2)C1. The van der Waals surface area contributed by atoms with Gasteiger partial charge in [0, 0.05) is 26.8 Å².